The lowest BCUT2D eigenvalue weighted by atomic mass is 9.87. The fourth-order valence-electron chi connectivity index (χ4n) is 2.40. The number of thiophene rings is 1. The van der Waals surface area contributed by atoms with Crippen molar-refractivity contribution < 1.29 is 14.7 Å². The maximum Gasteiger partial charge on any atom is 0.306 e. The average Bonchev–Trinajstić information content (AvgIpc) is 2.74. The van der Waals surface area contributed by atoms with E-state index >= 15 is 0 Å². The van der Waals surface area contributed by atoms with Gasteiger partial charge in [0.2, 0.25) is 0 Å². The normalized spacial score (nSPS) is 24.0. The SMILES string of the molecule is Cc1ccc(C(=O)N2CCC(C(=O)O)C(C)C2)s1. The van der Waals surface area contributed by atoms with E-state index in [9.17, 15) is 9.59 Å². The van der Waals surface area contributed by atoms with E-state index in [1.165, 1.54) is 11.3 Å². The molecule has 1 N–H and O–H groups in total. The minimum atomic E-state index is -0.749. The molecule has 98 valence electrons. The van der Waals surface area contributed by atoms with Crippen LogP contribution in [0.25, 0.3) is 0 Å². The van der Waals surface area contributed by atoms with Crippen molar-refractivity contribution in [1.82, 2.24) is 4.90 Å². The third kappa shape index (κ3) is 2.56. The topological polar surface area (TPSA) is 57.6 Å². The third-order valence-corrected chi connectivity index (χ3v) is 4.45. The smallest absolute Gasteiger partial charge is 0.306 e. The number of carbonyl (C=O) groups is 2. The second kappa shape index (κ2) is 5.10. The summed E-state index contributed by atoms with van der Waals surface area (Å²) in [6.07, 6.45) is 0.548. The molecule has 2 atom stereocenters. The van der Waals surface area contributed by atoms with Crippen LogP contribution in [-0.2, 0) is 4.79 Å². The first-order valence-electron chi connectivity index (χ1n) is 6.07. The van der Waals surface area contributed by atoms with E-state index in [1.54, 1.807) is 4.90 Å². The van der Waals surface area contributed by atoms with Gasteiger partial charge in [-0.2, -0.15) is 0 Å². The van der Waals surface area contributed by atoms with Gasteiger partial charge in [-0.15, -0.1) is 11.3 Å². The second-order valence-electron chi connectivity index (χ2n) is 4.87. The molecule has 1 fully saturated rings. The highest BCUT2D eigenvalue weighted by atomic mass is 32.1. The molecule has 0 aromatic carbocycles. The molecule has 0 aliphatic carbocycles. The van der Waals surface area contributed by atoms with Gasteiger partial charge in [0, 0.05) is 18.0 Å². The molecule has 2 rings (SSSR count). The molecule has 2 heterocycles. The minimum Gasteiger partial charge on any atom is -0.481 e. The molecule has 1 aliphatic rings. The summed E-state index contributed by atoms with van der Waals surface area (Å²) in [5, 5.41) is 9.05. The highest BCUT2D eigenvalue weighted by molar-refractivity contribution is 7.13. The highest BCUT2D eigenvalue weighted by Gasteiger charge is 2.33. The molecule has 2 unspecified atom stereocenters. The fraction of sp³-hybridized carbons (Fsp3) is 0.538. The summed E-state index contributed by atoms with van der Waals surface area (Å²) < 4.78 is 0. The highest BCUT2D eigenvalue weighted by Crippen LogP contribution is 2.26. The minimum absolute atomic E-state index is 0.0151. The predicted molar refractivity (Wildman–Crippen MR) is 69.9 cm³/mol. The van der Waals surface area contributed by atoms with E-state index in [4.69, 9.17) is 5.11 Å². The largest absolute Gasteiger partial charge is 0.481 e. The Bertz CT molecular complexity index is 469. The Kier molecular flexibility index (Phi) is 3.71. The molecule has 0 saturated carbocycles. The van der Waals surface area contributed by atoms with Crippen molar-refractivity contribution in [1.29, 1.82) is 0 Å². The molecular formula is C13H17NO3S. The van der Waals surface area contributed by atoms with Crippen molar-refractivity contribution in [2.45, 2.75) is 20.3 Å². The molecule has 1 aromatic rings. The van der Waals surface area contributed by atoms with Crippen molar-refractivity contribution in [2.75, 3.05) is 13.1 Å². The van der Waals surface area contributed by atoms with Crippen molar-refractivity contribution >= 4 is 23.2 Å². The first kappa shape index (κ1) is 13.1. The maximum atomic E-state index is 12.2. The van der Waals surface area contributed by atoms with Gasteiger partial charge in [-0.25, -0.2) is 0 Å². The lowest BCUT2D eigenvalue weighted by Crippen LogP contribution is -2.44. The molecule has 1 aliphatic heterocycles. The van der Waals surface area contributed by atoms with Crippen molar-refractivity contribution in [3.63, 3.8) is 0 Å². The number of aliphatic carboxylic acids is 1. The van der Waals surface area contributed by atoms with Crippen LogP contribution in [0.5, 0.6) is 0 Å². The van der Waals surface area contributed by atoms with E-state index in [2.05, 4.69) is 0 Å². The summed E-state index contributed by atoms with van der Waals surface area (Å²) in [7, 11) is 0. The van der Waals surface area contributed by atoms with Crippen LogP contribution in [0.3, 0.4) is 0 Å². The fourth-order valence-corrected chi connectivity index (χ4v) is 3.24. The summed E-state index contributed by atoms with van der Waals surface area (Å²) in [4.78, 5) is 26.9. The van der Waals surface area contributed by atoms with Crippen LogP contribution < -0.4 is 0 Å². The quantitative estimate of drug-likeness (QED) is 0.894. The molecule has 5 heteroatoms. The Hall–Kier alpha value is -1.36. The van der Waals surface area contributed by atoms with E-state index < -0.39 is 5.97 Å². The van der Waals surface area contributed by atoms with Gasteiger partial charge in [0.05, 0.1) is 10.8 Å². The van der Waals surface area contributed by atoms with Gasteiger partial charge in [0.15, 0.2) is 0 Å². The Morgan fingerprint density at radius 1 is 1.44 bits per heavy atom. The maximum absolute atomic E-state index is 12.2. The number of nitrogens with zero attached hydrogens (tertiary/aromatic N) is 1. The second-order valence-corrected chi connectivity index (χ2v) is 6.16. The number of hydrogen-bond acceptors (Lipinski definition) is 3. The number of aryl methyl sites for hydroxylation is 1. The first-order chi connectivity index (χ1) is 8.49. The van der Waals surface area contributed by atoms with Crippen LogP contribution >= 0.6 is 11.3 Å². The number of rotatable bonds is 2. The molecule has 0 spiro atoms. The van der Waals surface area contributed by atoms with Gasteiger partial charge in [0.1, 0.15) is 0 Å². The Labute approximate surface area is 110 Å². The first-order valence-corrected chi connectivity index (χ1v) is 6.89. The van der Waals surface area contributed by atoms with E-state index in [-0.39, 0.29) is 17.7 Å². The van der Waals surface area contributed by atoms with Crippen LogP contribution in [0, 0.1) is 18.8 Å². The Morgan fingerprint density at radius 3 is 2.67 bits per heavy atom. The lowest BCUT2D eigenvalue weighted by Gasteiger charge is -2.34. The molecule has 0 radical (unpaired) electrons. The van der Waals surface area contributed by atoms with Crippen LogP contribution in [0.2, 0.25) is 0 Å². The molecule has 1 saturated heterocycles. The number of carboxylic acid groups (broad SMARTS) is 1. The van der Waals surface area contributed by atoms with Gasteiger partial charge in [-0.3, -0.25) is 9.59 Å². The van der Waals surface area contributed by atoms with Gasteiger partial charge >= 0.3 is 5.97 Å². The summed E-state index contributed by atoms with van der Waals surface area (Å²) in [6.45, 7) is 4.95. The van der Waals surface area contributed by atoms with E-state index in [0.29, 0.717) is 19.5 Å². The number of likely N-dealkylation sites (tertiary alicyclic amines) is 1. The number of carbonyl (C=O) groups excluding carboxylic acids is 1. The van der Waals surface area contributed by atoms with Crippen LogP contribution in [-0.4, -0.2) is 35.0 Å². The molecule has 1 amide bonds. The predicted octanol–water partition coefficient (Wildman–Crippen LogP) is 2.24. The number of amides is 1. The van der Waals surface area contributed by atoms with Crippen molar-refractivity contribution in [3.05, 3.63) is 21.9 Å². The van der Waals surface area contributed by atoms with E-state index in [1.807, 2.05) is 26.0 Å². The zero-order chi connectivity index (χ0) is 13.3. The van der Waals surface area contributed by atoms with Gasteiger partial charge in [-0.1, -0.05) is 6.92 Å². The lowest BCUT2D eigenvalue weighted by molar-refractivity contribution is -0.145. The summed E-state index contributed by atoms with van der Waals surface area (Å²) >= 11 is 1.49. The monoisotopic (exact) mass is 267 g/mol. The molecular weight excluding hydrogens is 250 g/mol. The van der Waals surface area contributed by atoms with Crippen molar-refractivity contribution in [2.24, 2.45) is 11.8 Å². The summed E-state index contributed by atoms with van der Waals surface area (Å²) in [5.41, 5.74) is 0. The van der Waals surface area contributed by atoms with Crippen molar-refractivity contribution in [3.8, 4) is 0 Å². The number of hydrogen-bond donors (Lipinski definition) is 1. The Morgan fingerprint density at radius 2 is 2.17 bits per heavy atom. The number of piperidine rings is 1. The molecule has 18 heavy (non-hydrogen) atoms. The Balaban J connectivity index is 2.04. The molecule has 1 aromatic heterocycles. The van der Waals surface area contributed by atoms with Gasteiger partial charge < -0.3 is 10.0 Å². The summed E-state index contributed by atoms with van der Waals surface area (Å²) in [6, 6.07) is 3.78. The zero-order valence-corrected chi connectivity index (χ0v) is 11.4. The van der Waals surface area contributed by atoms with Crippen LogP contribution in [0.4, 0.5) is 0 Å². The number of carboxylic acids is 1. The van der Waals surface area contributed by atoms with Gasteiger partial charge in [-0.05, 0) is 31.4 Å². The molecule has 0 bridgehead atoms. The zero-order valence-electron chi connectivity index (χ0n) is 10.5. The molecule has 4 nitrogen and oxygen atoms in total. The average molecular weight is 267 g/mol. The standard InChI is InChI=1S/C13H17NO3S/c1-8-7-14(6-5-10(8)13(16)17)12(15)11-4-3-9(2)18-11/h3-4,8,10H,5-7H2,1-2H3,(H,16,17). The van der Waals surface area contributed by atoms with Crippen LogP contribution in [0.1, 0.15) is 27.9 Å². The van der Waals surface area contributed by atoms with E-state index in [0.717, 1.165) is 9.75 Å². The summed E-state index contributed by atoms with van der Waals surface area (Å²) in [5.74, 6) is -1.02. The van der Waals surface area contributed by atoms with Crippen LogP contribution in [0.15, 0.2) is 12.1 Å². The van der Waals surface area contributed by atoms with Gasteiger partial charge in [0.25, 0.3) is 5.91 Å². The third-order valence-electron chi connectivity index (χ3n) is 3.46.